The van der Waals surface area contributed by atoms with E-state index in [1.807, 2.05) is 20.8 Å². The first kappa shape index (κ1) is 20.6. The van der Waals surface area contributed by atoms with Gasteiger partial charge in [-0.3, -0.25) is 9.89 Å². The summed E-state index contributed by atoms with van der Waals surface area (Å²) in [7, 11) is -0.500. The van der Waals surface area contributed by atoms with Crippen molar-refractivity contribution >= 4 is 31.9 Å². The number of aromatic nitrogens is 2. The highest BCUT2D eigenvalue weighted by atomic mass is 79.9. The number of aromatic amines is 1. The molecular weight excluding hydrogens is 420 g/mol. The Hall–Kier alpha value is -1.71. The van der Waals surface area contributed by atoms with Gasteiger partial charge in [0.1, 0.15) is 0 Å². The molecule has 0 aliphatic heterocycles. The Kier molecular flexibility index (Phi) is 6.25. The number of benzene rings is 1. The summed E-state index contributed by atoms with van der Waals surface area (Å²) in [4.78, 5) is 12.7. The number of rotatable bonds is 6. The number of sulfonamides is 1. The molecule has 9 heteroatoms. The topological polar surface area (TPSA) is 95.2 Å². The molecule has 2 rings (SSSR count). The third-order valence-electron chi connectivity index (χ3n) is 4.03. The lowest BCUT2D eigenvalue weighted by atomic mass is 10.1. The van der Waals surface area contributed by atoms with E-state index in [0.29, 0.717) is 10.2 Å². The van der Waals surface area contributed by atoms with Gasteiger partial charge in [-0.05, 0) is 46.5 Å². The molecule has 2 N–H and O–H groups in total. The second-order valence-corrected chi connectivity index (χ2v) is 9.45. The van der Waals surface area contributed by atoms with Crippen LogP contribution in [0.1, 0.15) is 54.5 Å². The molecule has 1 unspecified atom stereocenters. The highest BCUT2D eigenvalue weighted by molar-refractivity contribution is 9.10. The van der Waals surface area contributed by atoms with Crippen LogP contribution in [0.4, 0.5) is 0 Å². The van der Waals surface area contributed by atoms with Crippen molar-refractivity contribution in [3.63, 3.8) is 0 Å². The Morgan fingerprint density at radius 1 is 1.19 bits per heavy atom. The molecule has 0 saturated heterocycles. The van der Waals surface area contributed by atoms with Crippen LogP contribution in [0.5, 0.6) is 0 Å². The first-order chi connectivity index (χ1) is 12.1. The maximum atomic E-state index is 12.5. The van der Waals surface area contributed by atoms with Crippen molar-refractivity contribution in [1.82, 2.24) is 19.8 Å². The fraction of sp³-hybridized carbons (Fsp3) is 0.412. The molecule has 0 aliphatic carbocycles. The number of carbonyl (C=O) groups is 1. The van der Waals surface area contributed by atoms with Crippen LogP contribution in [0.3, 0.4) is 0 Å². The zero-order valence-electron chi connectivity index (χ0n) is 15.4. The standard InChI is InChI=1S/C17H23BrN4O3S/c1-10(2)15-14(18)16(21-20-15)17(23)19-11(3)12-6-8-13(9-7-12)26(24,25)22(4)5/h6-11H,1-5H3,(H,19,23)(H,20,21). The number of amides is 1. The van der Waals surface area contributed by atoms with E-state index >= 15 is 0 Å². The van der Waals surface area contributed by atoms with Crippen molar-refractivity contribution in [3.05, 3.63) is 45.7 Å². The third kappa shape index (κ3) is 4.16. The molecule has 1 aromatic heterocycles. The second-order valence-electron chi connectivity index (χ2n) is 6.51. The Morgan fingerprint density at radius 2 is 1.77 bits per heavy atom. The van der Waals surface area contributed by atoms with Crippen molar-refractivity contribution in [2.45, 2.75) is 37.6 Å². The van der Waals surface area contributed by atoms with Gasteiger partial charge >= 0.3 is 0 Å². The fourth-order valence-electron chi connectivity index (χ4n) is 2.36. The molecule has 0 fully saturated rings. The quantitative estimate of drug-likeness (QED) is 0.718. The average Bonchev–Trinajstić information content (AvgIpc) is 2.96. The summed E-state index contributed by atoms with van der Waals surface area (Å²) < 4.78 is 26.0. The lowest BCUT2D eigenvalue weighted by molar-refractivity contribution is 0.0934. The van der Waals surface area contributed by atoms with Crippen LogP contribution in [0.25, 0.3) is 0 Å². The molecule has 142 valence electrons. The SMILES string of the molecule is CC(C)c1[nH]nc(C(=O)NC(C)c2ccc(S(=O)(=O)N(C)C)cc2)c1Br. The van der Waals surface area contributed by atoms with E-state index < -0.39 is 10.0 Å². The van der Waals surface area contributed by atoms with Gasteiger partial charge in [-0.1, -0.05) is 26.0 Å². The van der Waals surface area contributed by atoms with Crippen molar-refractivity contribution in [2.24, 2.45) is 0 Å². The van der Waals surface area contributed by atoms with Gasteiger partial charge in [0.25, 0.3) is 5.91 Å². The lowest BCUT2D eigenvalue weighted by Gasteiger charge is -2.15. The molecule has 2 aromatic rings. The average molecular weight is 443 g/mol. The largest absolute Gasteiger partial charge is 0.344 e. The number of carbonyl (C=O) groups excluding carboxylic acids is 1. The molecular formula is C17H23BrN4O3S. The van der Waals surface area contributed by atoms with Crippen LogP contribution in [0.2, 0.25) is 0 Å². The van der Waals surface area contributed by atoms with Gasteiger partial charge < -0.3 is 5.32 Å². The van der Waals surface area contributed by atoms with Gasteiger partial charge in [0.15, 0.2) is 5.69 Å². The predicted molar refractivity (Wildman–Crippen MR) is 104 cm³/mol. The van der Waals surface area contributed by atoms with Gasteiger partial charge in [0.2, 0.25) is 10.0 Å². The molecule has 1 amide bonds. The van der Waals surface area contributed by atoms with E-state index in [1.54, 1.807) is 12.1 Å². The van der Waals surface area contributed by atoms with Crippen LogP contribution in [0.15, 0.2) is 33.6 Å². The zero-order chi connectivity index (χ0) is 19.6. The molecule has 1 heterocycles. The Balaban J connectivity index is 2.15. The molecule has 0 aliphatic rings. The predicted octanol–water partition coefficient (Wildman–Crippen LogP) is 3.04. The summed E-state index contributed by atoms with van der Waals surface area (Å²) in [6.45, 7) is 5.84. The molecule has 7 nitrogen and oxygen atoms in total. The number of nitrogens with one attached hydrogen (secondary N) is 2. The van der Waals surface area contributed by atoms with E-state index in [0.717, 1.165) is 15.6 Å². The summed E-state index contributed by atoms with van der Waals surface area (Å²) >= 11 is 3.42. The minimum absolute atomic E-state index is 0.210. The summed E-state index contributed by atoms with van der Waals surface area (Å²) in [5.41, 5.74) is 1.96. The van der Waals surface area contributed by atoms with E-state index in [4.69, 9.17) is 0 Å². The highest BCUT2D eigenvalue weighted by Gasteiger charge is 2.22. The third-order valence-corrected chi connectivity index (χ3v) is 6.66. The summed E-state index contributed by atoms with van der Waals surface area (Å²) in [6.07, 6.45) is 0. The van der Waals surface area contributed by atoms with Crippen LogP contribution >= 0.6 is 15.9 Å². The second kappa shape index (κ2) is 7.89. The normalized spacial score (nSPS) is 13.2. The zero-order valence-corrected chi connectivity index (χ0v) is 17.8. The smallest absolute Gasteiger partial charge is 0.273 e. The summed E-state index contributed by atoms with van der Waals surface area (Å²) in [5.74, 6) is -0.0976. The van der Waals surface area contributed by atoms with Gasteiger partial charge in [-0.2, -0.15) is 5.10 Å². The number of halogens is 1. The van der Waals surface area contributed by atoms with E-state index in [1.165, 1.54) is 26.2 Å². The maximum absolute atomic E-state index is 12.5. The van der Waals surface area contributed by atoms with E-state index in [9.17, 15) is 13.2 Å². The summed E-state index contributed by atoms with van der Waals surface area (Å²) in [6, 6.07) is 6.16. The lowest BCUT2D eigenvalue weighted by Crippen LogP contribution is -2.27. The molecule has 1 aromatic carbocycles. The maximum Gasteiger partial charge on any atom is 0.273 e. The van der Waals surface area contributed by atoms with Crippen LogP contribution in [0, 0.1) is 0 Å². The highest BCUT2D eigenvalue weighted by Crippen LogP contribution is 2.26. The van der Waals surface area contributed by atoms with Gasteiger partial charge in [-0.15, -0.1) is 0 Å². The fourth-order valence-corrected chi connectivity index (χ4v) is 4.08. The molecule has 26 heavy (non-hydrogen) atoms. The van der Waals surface area contributed by atoms with Gasteiger partial charge in [-0.25, -0.2) is 12.7 Å². The van der Waals surface area contributed by atoms with Gasteiger partial charge in [0, 0.05) is 14.1 Å². The first-order valence-corrected chi connectivity index (χ1v) is 10.4. The van der Waals surface area contributed by atoms with Crippen LogP contribution < -0.4 is 5.32 Å². The minimum atomic E-state index is -3.47. The van der Waals surface area contributed by atoms with Crippen molar-refractivity contribution in [3.8, 4) is 0 Å². The number of hydrogen-bond donors (Lipinski definition) is 2. The van der Waals surface area contributed by atoms with Crippen LogP contribution in [-0.4, -0.2) is 42.9 Å². The minimum Gasteiger partial charge on any atom is -0.344 e. The van der Waals surface area contributed by atoms with Crippen molar-refractivity contribution in [1.29, 1.82) is 0 Å². The van der Waals surface area contributed by atoms with Crippen LogP contribution in [-0.2, 0) is 10.0 Å². The Morgan fingerprint density at radius 3 is 2.23 bits per heavy atom. The number of hydrogen-bond acceptors (Lipinski definition) is 4. The number of nitrogens with zero attached hydrogens (tertiary/aromatic N) is 2. The Bertz CT molecular complexity index is 889. The first-order valence-electron chi connectivity index (χ1n) is 8.12. The molecule has 0 bridgehead atoms. The van der Waals surface area contributed by atoms with E-state index in [-0.39, 0.29) is 22.8 Å². The molecule has 0 radical (unpaired) electrons. The summed E-state index contributed by atoms with van der Waals surface area (Å²) in [5, 5.41) is 9.83. The monoisotopic (exact) mass is 442 g/mol. The van der Waals surface area contributed by atoms with Crippen molar-refractivity contribution < 1.29 is 13.2 Å². The molecule has 0 saturated carbocycles. The number of H-pyrrole nitrogens is 1. The van der Waals surface area contributed by atoms with Gasteiger partial charge in [0.05, 0.1) is 21.1 Å². The van der Waals surface area contributed by atoms with Crippen molar-refractivity contribution in [2.75, 3.05) is 14.1 Å². The Labute approximate surface area is 162 Å². The van der Waals surface area contributed by atoms with E-state index in [2.05, 4.69) is 31.4 Å². The molecule has 1 atom stereocenters. The molecule has 0 spiro atoms.